The van der Waals surface area contributed by atoms with E-state index >= 15 is 0 Å². The molecule has 0 aliphatic rings. The maximum atomic E-state index is 12.3. The van der Waals surface area contributed by atoms with Crippen molar-refractivity contribution in [2.45, 2.75) is 44.0 Å². The number of rotatable bonds is 12. The zero-order chi connectivity index (χ0) is 22.0. The highest BCUT2D eigenvalue weighted by atomic mass is 16.4. The van der Waals surface area contributed by atoms with Crippen LogP contribution >= 0.6 is 0 Å². The predicted molar refractivity (Wildman–Crippen MR) is 91.8 cm³/mol. The quantitative estimate of drug-likeness (QED) is 0.154. The fourth-order valence-corrected chi connectivity index (χ4v) is 1.98. The average molecular weight is 404 g/mol. The molecule has 11 N–H and O–H groups in total. The van der Waals surface area contributed by atoms with Gasteiger partial charge in [0.1, 0.15) is 18.1 Å². The summed E-state index contributed by atoms with van der Waals surface area (Å²) in [4.78, 5) is 69.1. The van der Waals surface area contributed by atoms with Crippen molar-refractivity contribution >= 4 is 35.5 Å². The second kappa shape index (κ2) is 11.5. The Morgan fingerprint density at radius 1 is 0.857 bits per heavy atom. The molecule has 0 radical (unpaired) electrons. The number of amides is 5. The van der Waals surface area contributed by atoms with Gasteiger partial charge in [-0.1, -0.05) is 0 Å². The number of primary amides is 2. The van der Waals surface area contributed by atoms with Gasteiger partial charge in [-0.15, -0.1) is 0 Å². The van der Waals surface area contributed by atoms with Gasteiger partial charge < -0.3 is 43.4 Å². The van der Waals surface area contributed by atoms with Crippen LogP contribution in [-0.4, -0.2) is 76.5 Å². The number of carbonyl (C=O) groups is 6. The van der Waals surface area contributed by atoms with Gasteiger partial charge in [-0.2, -0.15) is 0 Å². The molecule has 0 bridgehead atoms. The van der Waals surface area contributed by atoms with E-state index in [1.807, 2.05) is 5.32 Å². The summed E-state index contributed by atoms with van der Waals surface area (Å²) in [5, 5.41) is 24.8. The standard InChI is InChI=1S/C14H24N6O8/c1-5(21)11(20-10(24)4-15)13(26)18-6(2-8(16)22)12(25)19-7(14(27)28)3-9(17)23/h5-7,11,21H,2-4,15H2,1H3,(H2,16,22)(H2,17,23)(H,18,26)(H,19,25)(H,20,24)(H,27,28). The molecule has 0 aliphatic carbocycles. The van der Waals surface area contributed by atoms with Gasteiger partial charge in [0.25, 0.3) is 0 Å². The maximum absolute atomic E-state index is 12.3. The van der Waals surface area contributed by atoms with Crippen LogP contribution in [0.25, 0.3) is 0 Å². The van der Waals surface area contributed by atoms with Gasteiger partial charge in [0.15, 0.2) is 0 Å². The Balaban J connectivity index is 5.37. The number of carboxylic acid groups (broad SMARTS) is 1. The highest BCUT2D eigenvalue weighted by molar-refractivity contribution is 5.96. The Hall–Kier alpha value is -3.26. The number of aliphatic hydroxyl groups excluding tert-OH is 1. The Labute approximate surface area is 159 Å². The third-order valence-corrected chi connectivity index (χ3v) is 3.32. The van der Waals surface area contributed by atoms with Crippen LogP contribution in [0.4, 0.5) is 0 Å². The summed E-state index contributed by atoms with van der Waals surface area (Å²) >= 11 is 0. The van der Waals surface area contributed by atoms with Crippen molar-refractivity contribution < 1.29 is 39.0 Å². The molecule has 28 heavy (non-hydrogen) atoms. The smallest absolute Gasteiger partial charge is 0.326 e. The van der Waals surface area contributed by atoms with Gasteiger partial charge in [0.2, 0.25) is 29.5 Å². The average Bonchev–Trinajstić information content (AvgIpc) is 2.56. The number of aliphatic hydroxyl groups is 1. The highest BCUT2D eigenvalue weighted by Crippen LogP contribution is 2.00. The molecular formula is C14H24N6O8. The molecule has 0 aromatic heterocycles. The normalized spacial score (nSPS) is 14.7. The van der Waals surface area contributed by atoms with Crippen molar-refractivity contribution in [3.05, 3.63) is 0 Å². The summed E-state index contributed by atoms with van der Waals surface area (Å²) in [6, 6.07) is -4.86. The number of aliphatic carboxylic acids is 1. The summed E-state index contributed by atoms with van der Waals surface area (Å²) in [6.07, 6.45) is -2.85. The lowest BCUT2D eigenvalue weighted by Gasteiger charge is -2.25. The highest BCUT2D eigenvalue weighted by Gasteiger charge is 2.32. The second-order valence-corrected chi connectivity index (χ2v) is 5.79. The van der Waals surface area contributed by atoms with Crippen LogP contribution in [0.15, 0.2) is 0 Å². The molecule has 0 aromatic rings. The lowest BCUT2D eigenvalue weighted by Crippen LogP contribution is -2.59. The fourth-order valence-electron chi connectivity index (χ4n) is 1.98. The van der Waals surface area contributed by atoms with E-state index in [4.69, 9.17) is 22.3 Å². The fraction of sp³-hybridized carbons (Fsp3) is 0.571. The van der Waals surface area contributed by atoms with Crippen LogP contribution in [0.1, 0.15) is 19.8 Å². The first-order valence-electron chi connectivity index (χ1n) is 7.96. The number of hydrogen-bond donors (Lipinski definition) is 8. The zero-order valence-corrected chi connectivity index (χ0v) is 15.0. The van der Waals surface area contributed by atoms with Gasteiger partial charge in [-0.05, 0) is 6.92 Å². The minimum atomic E-state index is -1.71. The molecule has 158 valence electrons. The third-order valence-electron chi connectivity index (χ3n) is 3.32. The van der Waals surface area contributed by atoms with Crippen molar-refractivity contribution in [2.75, 3.05) is 6.54 Å². The molecule has 0 heterocycles. The Kier molecular flexibility index (Phi) is 10.1. The van der Waals surface area contributed by atoms with Crippen molar-refractivity contribution in [2.24, 2.45) is 17.2 Å². The van der Waals surface area contributed by atoms with Crippen LogP contribution in [0, 0.1) is 0 Å². The maximum Gasteiger partial charge on any atom is 0.326 e. The molecule has 0 fully saturated rings. The topological polar surface area (TPSA) is 257 Å². The van der Waals surface area contributed by atoms with E-state index in [9.17, 15) is 33.9 Å². The van der Waals surface area contributed by atoms with E-state index < -0.39 is 79.1 Å². The van der Waals surface area contributed by atoms with Crippen LogP contribution < -0.4 is 33.2 Å². The molecule has 4 unspecified atom stereocenters. The number of hydrogen-bond acceptors (Lipinski definition) is 8. The summed E-state index contributed by atoms with van der Waals surface area (Å²) in [5.41, 5.74) is 15.0. The predicted octanol–water partition coefficient (Wildman–Crippen LogP) is -5.38. The first-order valence-corrected chi connectivity index (χ1v) is 7.96. The lowest BCUT2D eigenvalue weighted by molar-refractivity contribution is -0.144. The molecule has 4 atom stereocenters. The SMILES string of the molecule is CC(O)C(NC(=O)CN)C(=O)NC(CC(N)=O)C(=O)NC(CC(N)=O)C(=O)O. The van der Waals surface area contributed by atoms with Crippen molar-refractivity contribution in [1.82, 2.24) is 16.0 Å². The number of carbonyl (C=O) groups excluding carboxylic acids is 5. The molecule has 0 aliphatic heterocycles. The Morgan fingerprint density at radius 2 is 1.32 bits per heavy atom. The van der Waals surface area contributed by atoms with Crippen molar-refractivity contribution in [1.29, 1.82) is 0 Å². The number of carboxylic acids is 1. The largest absolute Gasteiger partial charge is 0.480 e. The molecular weight excluding hydrogens is 380 g/mol. The van der Waals surface area contributed by atoms with E-state index in [1.165, 1.54) is 6.92 Å². The molecule has 14 heteroatoms. The number of nitrogens with two attached hydrogens (primary N) is 3. The zero-order valence-electron chi connectivity index (χ0n) is 15.0. The lowest BCUT2D eigenvalue weighted by atomic mass is 10.1. The summed E-state index contributed by atoms with van der Waals surface area (Å²) in [6.45, 7) is 0.701. The minimum Gasteiger partial charge on any atom is -0.480 e. The second-order valence-electron chi connectivity index (χ2n) is 5.79. The van der Waals surface area contributed by atoms with Gasteiger partial charge >= 0.3 is 5.97 Å². The summed E-state index contributed by atoms with van der Waals surface area (Å²) < 4.78 is 0. The van der Waals surface area contributed by atoms with E-state index in [-0.39, 0.29) is 0 Å². The molecule has 0 saturated heterocycles. The summed E-state index contributed by atoms with van der Waals surface area (Å²) in [5.74, 6) is -6.57. The van der Waals surface area contributed by atoms with Gasteiger partial charge in [-0.3, -0.25) is 24.0 Å². The van der Waals surface area contributed by atoms with E-state index in [2.05, 4.69) is 10.6 Å². The van der Waals surface area contributed by atoms with Gasteiger partial charge in [0.05, 0.1) is 25.5 Å². The number of nitrogens with one attached hydrogen (secondary N) is 3. The first-order chi connectivity index (χ1) is 12.9. The first kappa shape index (κ1) is 24.7. The molecule has 0 rings (SSSR count). The van der Waals surface area contributed by atoms with Crippen LogP contribution in [0.5, 0.6) is 0 Å². The molecule has 14 nitrogen and oxygen atoms in total. The Bertz CT molecular complexity index is 637. The minimum absolute atomic E-state index is 0.477. The van der Waals surface area contributed by atoms with Gasteiger partial charge in [0, 0.05) is 0 Å². The molecule has 0 saturated carbocycles. The van der Waals surface area contributed by atoms with E-state index in [0.717, 1.165) is 0 Å². The van der Waals surface area contributed by atoms with Crippen molar-refractivity contribution in [3.8, 4) is 0 Å². The van der Waals surface area contributed by atoms with Crippen LogP contribution in [0.3, 0.4) is 0 Å². The monoisotopic (exact) mass is 404 g/mol. The van der Waals surface area contributed by atoms with E-state index in [1.54, 1.807) is 0 Å². The molecule has 0 spiro atoms. The van der Waals surface area contributed by atoms with Crippen LogP contribution in [-0.2, 0) is 28.8 Å². The van der Waals surface area contributed by atoms with Gasteiger partial charge in [-0.25, -0.2) is 4.79 Å². The summed E-state index contributed by atoms with van der Waals surface area (Å²) in [7, 11) is 0. The molecule has 0 aromatic carbocycles. The molecule has 5 amide bonds. The van der Waals surface area contributed by atoms with Crippen LogP contribution in [0.2, 0.25) is 0 Å². The third kappa shape index (κ3) is 8.91. The van der Waals surface area contributed by atoms with E-state index in [0.29, 0.717) is 0 Å². The Morgan fingerprint density at radius 3 is 1.71 bits per heavy atom. The van der Waals surface area contributed by atoms with Crippen molar-refractivity contribution in [3.63, 3.8) is 0 Å².